The van der Waals surface area contributed by atoms with E-state index in [9.17, 15) is 14.7 Å². The number of rotatable bonds is 7. The number of fused-ring (bicyclic) bond motifs is 6. The molecule has 2 unspecified atom stereocenters. The van der Waals surface area contributed by atoms with Gasteiger partial charge in [0, 0.05) is 96.9 Å². The minimum Gasteiger partial charge on any atom is -0.496 e. The highest BCUT2D eigenvalue weighted by Gasteiger charge is 2.80. The Morgan fingerprint density at radius 3 is 2.46 bits per heavy atom. The van der Waals surface area contributed by atoms with Gasteiger partial charge < -0.3 is 33.9 Å². The van der Waals surface area contributed by atoms with E-state index in [1.165, 1.54) is 28.3 Å². The molecule has 2 bridgehead atoms. The summed E-state index contributed by atoms with van der Waals surface area (Å²) in [7, 11) is 5.94. The first-order valence-electron chi connectivity index (χ1n) is 20.7. The van der Waals surface area contributed by atoms with E-state index < -0.39 is 63.7 Å². The Bertz CT molecular complexity index is 2270. The van der Waals surface area contributed by atoms with Crippen LogP contribution in [0, 0.1) is 17.3 Å². The summed E-state index contributed by atoms with van der Waals surface area (Å²) in [6.07, 6.45) is 4.04. The number of ether oxygens (including phenoxy) is 4. The zero-order valence-electron chi connectivity index (χ0n) is 34.8. The number of aliphatic hydroxyl groups is 1. The van der Waals surface area contributed by atoms with Crippen LogP contribution in [-0.2, 0) is 46.0 Å². The normalized spacial score (nSPS) is 35.8. The molecule has 1 aromatic heterocycles. The number of hydrogen-bond acceptors (Lipinski definition) is 11. The second-order valence-electron chi connectivity index (χ2n) is 18.0. The maximum Gasteiger partial charge on any atom is 0.344 e. The van der Waals surface area contributed by atoms with Crippen molar-refractivity contribution < 1.29 is 47.2 Å². The van der Waals surface area contributed by atoms with E-state index in [2.05, 4.69) is 14.8 Å². The number of nitrogens with zero attached hydrogens (tertiary/aromatic N) is 3. The number of anilines is 1. The minimum absolute atomic E-state index is 0.155. The van der Waals surface area contributed by atoms with Gasteiger partial charge in [-0.1, -0.05) is 37.3 Å². The third-order valence-corrected chi connectivity index (χ3v) is 15.3. The van der Waals surface area contributed by atoms with Crippen LogP contribution >= 0.6 is 0 Å². The van der Waals surface area contributed by atoms with Crippen molar-refractivity contribution >= 4 is 34.5 Å². The van der Waals surface area contributed by atoms with Crippen LogP contribution in [0.5, 0.6) is 5.75 Å². The average molecular weight is 817 g/mol. The third kappa shape index (κ3) is 5.17. The molecule has 3 fully saturated rings. The number of aromatic nitrogens is 1. The summed E-state index contributed by atoms with van der Waals surface area (Å²) in [5, 5.41) is 14.2. The number of likely N-dealkylation sites (N-methyl/N-ethyl adjacent to an activating group) is 1. The van der Waals surface area contributed by atoms with Crippen molar-refractivity contribution in [3.63, 3.8) is 0 Å². The zero-order valence-corrected chi connectivity index (χ0v) is 34.8. The van der Waals surface area contributed by atoms with Gasteiger partial charge in [-0.15, -0.1) is 0 Å². The molecular weight excluding hydrogens is 763 g/mol. The molecule has 10 atom stereocenters. The Morgan fingerprint density at radius 1 is 1.03 bits per heavy atom. The van der Waals surface area contributed by atoms with E-state index in [0.29, 0.717) is 61.7 Å². The smallest absolute Gasteiger partial charge is 0.344 e. The number of para-hydroxylation sites is 1. The number of nitrogens with one attached hydrogen (secondary N) is 1. The lowest BCUT2D eigenvalue weighted by atomic mass is 9.47. The summed E-state index contributed by atoms with van der Waals surface area (Å²) < 4.78 is 54.3. The number of H-pyrrole nitrogens is 1. The molecule has 9 rings (SSSR count). The molecule has 6 heterocycles. The van der Waals surface area contributed by atoms with Crippen LogP contribution in [0.2, 0.25) is 0 Å². The van der Waals surface area contributed by atoms with Crippen LogP contribution in [0.4, 0.5) is 14.5 Å². The van der Waals surface area contributed by atoms with E-state index >= 15 is 13.6 Å². The summed E-state index contributed by atoms with van der Waals surface area (Å²) in [6, 6.07) is 10.3. The second-order valence-corrected chi connectivity index (χ2v) is 18.0. The van der Waals surface area contributed by atoms with E-state index in [0.717, 1.165) is 29.0 Å². The summed E-state index contributed by atoms with van der Waals surface area (Å²) >= 11 is 0. The molecule has 1 aliphatic carbocycles. The topological polar surface area (TPSA) is 134 Å². The van der Waals surface area contributed by atoms with Crippen LogP contribution in [0.25, 0.3) is 10.9 Å². The predicted molar refractivity (Wildman–Crippen MR) is 214 cm³/mol. The highest BCUT2D eigenvalue weighted by atomic mass is 19.3. The lowest BCUT2D eigenvalue weighted by Gasteiger charge is -2.63. The highest BCUT2D eigenvalue weighted by Crippen LogP contribution is 2.68. The van der Waals surface area contributed by atoms with Gasteiger partial charge in [0.2, 0.25) is 11.5 Å². The molecule has 2 saturated heterocycles. The maximum atomic E-state index is 15.3. The first-order chi connectivity index (χ1) is 28.1. The monoisotopic (exact) mass is 816 g/mol. The van der Waals surface area contributed by atoms with Crippen molar-refractivity contribution in [3.05, 3.63) is 70.9 Å². The molecular formula is C45H54F2N4O8. The Morgan fingerprint density at radius 2 is 1.78 bits per heavy atom. The van der Waals surface area contributed by atoms with Crippen LogP contribution < -0.4 is 9.64 Å². The summed E-state index contributed by atoms with van der Waals surface area (Å²) in [5.74, 6) is -5.92. The van der Waals surface area contributed by atoms with Gasteiger partial charge in [-0.25, -0.2) is 13.6 Å². The standard InChI is InChI=1S/C45H54F2N4O8/c1-8-42-14-11-16-51-17-15-43(36(42)51)30-19-31(34(56-5)20-33(30)49(4)37(43)45(55,40(54)58-7)38(42)59-25(2)52)44(39(53)57-6)21-26-18-27(41(3,46)47)23-50(22-26)24-29-28-12-9-10-13-32(28)48-35(29)44/h9-14,19-20,26-27,36-38,48,55H,8,15-18,21-24H2,1-7H3/t26?,27-,36+,37-,38-,42-,43-,44-,45+/m1/s1. The average Bonchev–Trinajstić information content (AvgIpc) is 3.86. The Balaban J connectivity index is 1.35. The van der Waals surface area contributed by atoms with Gasteiger partial charge in [-0.2, -0.15) is 0 Å². The lowest BCUT2D eigenvalue weighted by Crippen LogP contribution is -2.81. The van der Waals surface area contributed by atoms with Crippen LogP contribution in [0.3, 0.4) is 0 Å². The number of benzene rings is 2. The SMILES string of the molecule is CC[C@]12C=CCN3CC[C@@]4(c5cc([C@]6(C(=O)OC)CC7C[C@@H](C(C)(F)F)CN(Cc8c6[nH]c6ccccc86)C7)c(OC)cc5N(C)[C@H]4[C@@](O)(C(=O)OC)[C@@H]1OC(C)=O)[C@@H]32. The molecule has 59 heavy (non-hydrogen) atoms. The predicted octanol–water partition coefficient (Wildman–Crippen LogP) is 5.08. The number of esters is 3. The van der Waals surface area contributed by atoms with E-state index in [-0.39, 0.29) is 31.3 Å². The number of aromatic amines is 1. The van der Waals surface area contributed by atoms with Crippen molar-refractivity contribution in [2.45, 2.75) is 93.5 Å². The molecule has 0 amide bonds. The Kier molecular flexibility index (Phi) is 9.12. The Hall–Kier alpha value is -4.53. The largest absolute Gasteiger partial charge is 0.496 e. The number of carbonyl (C=O) groups is 3. The second kappa shape index (κ2) is 13.5. The molecule has 5 aliphatic heterocycles. The van der Waals surface area contributed by atoms with Gasteiger partial charge in [-0.3, -0.25) is 19.4 Å². The molecule has 1 saturated carbocycles. The van der Waals surface area contributed by atoms with Crippen LogP contribution in [0.15, 0.2) is 48.6 Å². The van der Waals surface area contributed by atoms with Crippen LogP contribution in [0.1, 0.15) is 68.8 Å². The van der Waals surface area contributed by atoms with Gasteiger partial charge in [0.15, 0.2) is 6.10 Å². The van der Waals surface area contributed by atoms with Crippen LogP contribution in [-0.4, -0.2) is 122 Å². The van der Waals surface area contributed by atoms with Gasteiger partial charge in [0.05, 0.1) is 27.4 Å². The highest BCUT2D eigenvalue weighted by molar-refractivity contribution is 5.95. The first kappa shape index (κ1) is 39.9. The number of halogens is 2. The summed E-state index contributed by atoms with van der Waals surface area (Å²) in [4.78, 5) is 52.5. The fourth-order valence-corrected chi connectivity index (χ4v) is 13.2. The summed E-state index contributed by atoms with van der Waals surface area (Å²) in [5.41, 5.74) is -1.64. The van der Waals surface area contributed by atoms with Gasteiger partial charge >= 0.3 is 17.9 Å². The molecule has 1 spiro atoms. The molecule has 316 valence electrons. The van der Waals surface area contributed by atoms with Crippen molar-refractivity contribution in [1.82, 2.24) is 14.8 Å². The third-order valence-electron chi connectivity index (χ3n) is 15.3. The Labute approximate surface area is 342 Å². The quantitative estimate of drug-likeness (QED) is 0.188. The molecule has 0 radical (unpaired) electrons. The van der Waals surface area contributed by atoms with E-state index in [1.807, 2.05) is 67.4 Å². The van der Waals surface area contributed by atoms with Crippen molar-refractivity contribution in [2.24, 2.45) is 17.3 Å². The van der Waals surface area contributed by atoms with Gasteiger partial charge in [0.25, 0.3) is 0 Å². The van der Waals surface area contributed by atoms with Crippen molar-refractivity contribution in [3.8, 4) is 5.75 Å². The number of hydrogen-bond donors (Lipinski definition) is 2. The first-order valence-corrected chi connectivity index (χ1v) is 20.7. The molecule has 3 aromatic rings. The van der Waals surface area contributed by atoms with Gasteiger partial charge in [-0.05, 0) is 68.3 Å². The maximum absolute atomic E-state index is 15.3. The van der Waals surface area contributed by atoms with E-state index in [1.54, 1.807) is 0 Å². The van der Waals surface area contributed by atoms with Crippen molar-refractivity contribution in [2.75, 3.05) is 59.5 Å². The molecule has 12 nitrogen and oxygen atoms in total. The molecule has 6 aliphatic rings. The van der Waals surface area contributed by atoms with E-state index in [4.69, 9.17) is 18.9 Å². The van der Waals surface area contributed by atoms with Crippen molar-refractivity contribution in [1.29, 1.82) is 0 Å². The summed E-state index contributed by atoms with van der Waals surface area (Å²) in [6.45, 7) is 6.55. The van der Waals surface area contributed by atoms with Gasteiger partial charge in [0.1, 0.15) is 11.2 Å². The fourth-order valence-electron chi connectivity index (χ4n) is 13.2. The molecule has 2 N–H and O–H groups in total. The zero-order chi connectivity index (χ0) is 42.0. The number of carbonyl (C=O) groups excluding carboxylic acids is 3. The minimum atomic E-state index is -2.94. The molecule has 14 heteroatoms. The fraction of sp³-hybridized carbons (Fsp3) is 0.578. The number of piperidine rings is 1. The number of alkyl halides is 2. The molecule has 2 aromatic carbocycles. The lowest BCUT2D eigenvalue weighted by molar-refractivity contribution is -0.228. The number of methoxy groups -OCH3 is 3.